The van der Waals surface area contributed by atoms with Gasteiger partial charge in [0.1, 0.15) is 17.2 Å². The van der Waals surface area contributed by atoms with Crippen LogP contribution in [0.25, 0.3) is 0 Å². The Morgan fingerprint density at radius 2 is 2.20 bits per heavy atom. The van der Waals surface area contributed by atoms with Crippen LogP contribution in [0.15, 0.2) is 12.1 Å². The first-order chi connectivity index (χ1) is 9.69. The summed E-state index contributed by atoms with van der Waals surface area (Å²) in [5.74, 6) is -1.14. The minimum atomic E-state index is -0.976. The highest BCUT2D eigenvalue weighted by atomic mass is 19.1. The fraction of sp³-hybridized carbons (Fsp3) is 0.600. The largest absolute Gasteiger partial charge is 0.380 e. The fourth-order valence-electron chi connectivity index (χ4n) is 3.35. The van der Waals surface area contributed by atoms with Crippen molar-refractivity contribution in [1.82, 2.24) is 0 Å². The number of benzene rings is 1. The van der Waals surface area contributed by atoms with Gasteiger partial charge < -0.3 is 14.2 Å². The molecule has 2 atom stereocenters. The molecule has 0 amide bonds. The highest BCUT2D eigenvalue weighted by molar-refractivity contribution is 5.34. The average Bonchev–Trinajstić information content (AvgIpc) is 2.86. The molecule has 110 valence electrons. The van der Waals surface area contributed by atoms with E-state index in [9.17, 15) is 8.78 Å². The summed E-state index contributed by atoms with van der Waals surface area (Å²) in [5.41, 5.74) is -0.622. The van der Waals surface area contributed by atoms with Gasteiger partial charge in [-0.25, -0.2) is 8.78 Å². The van der Waals surface area contributed by atoms with Gasteiger partial charge in [-0.2, -0.15) is 0 Å². The number of ether oxygens (including phenoxy) is 3. The molecule has 0 radical (unpaired) electrons. The Labute approximate surface area is 116 Å². The van der Waals surface area contributed by atoms with Gasteiger partial charge in [-0.1, -0.05) is 6.07 Å². The van der Waals surface area contributed by atoms with Crippen LogP contribution in [-0.2, 0) is 26.4 Å². The van der Waals surface area contributed by atoms with Crippen LogP contribution in [0.4, 0.5) is 8.78 Å². The van der Waals surface area contributed by atoms with Crippen LogP contribution in [0.3, 0.4) is 0 Å². The molecule has 3 nitrogen and oxygen atoms in total. The van der Waals surface area contributed by atoms with Gasteiger partial charge in [-0.3, -0.25) is 0 Å². The van der Waals surface area contributed by atoms with Crippen LogP contribution >= 0.6 is 0 Å². The van der Waals surface area contributed by atoms with E-state index in [1.54, 1.807) is 0 Å². The lowest BCUT2D eigenvalue weighted by atomic mass is 9.87. The molecule has 1 aromatic rings. The molecule has 0 spiro atoms. The lowest BCUT2D eigenvalue weighted by molar-refractivity contribution is -0.197. The summed E-state index contributed by atoms with van der Waals surface area (Å²) in [4.78, 5) is 0. The Balaban J connectivity index is 2.10. The Hall–Kier alpha value is -1.04. The van der Waals surface area contributed by atoms with E-state index in [2.05, 4.69) is 0 Å². The van der Waals surface area contributed by atoms with Crippen LogP contribution in [0, 0.1) is 11.6 Å². The summed E-state index contributed by atoms with van der Waals surface area (Å²) in [7, 11) is 1.49. The Morgan fingerprint density at radius 1 is 1.35 bits per heavy atom. The van der Waals surface area contributed by atoms with E-state index >= 15 is 0 Å². The van der Waals surface area contributed by atoms with E-state index in [-0.39, 0.29) is 18.3 Å². The van der Waals surface area contributed by atoms with Crippen LogP contribution in [0.5, 0.6) is 0 Å². The van der Waals surface area contributed by atoms with E-state index in [0.717, 1.165) is 12.8 Å². The number of fused-ring (bicyclic) bond motifs is 1. The van der Waals surface area contributed by atoms with Gasteiger partial charge in [0.05, 0.1) is 31.5 Å². The van der Waals surface area contributed by atoms with Crippen molar-refractivity contribution in [2.75, 3.05) is 20.3 Å². The lowest BCUT2D eigenvalue weighted by Crippen LogP contribution is -2.46. The summed E-state index contributed by atoms with van der Waals surface area (Å²) in [6.07, 6.45) is 1.94. The van der Waals surface area contributed by atoms with Crippen molar-refractivity contribution in [1.29, 1.82) is 0 Å². The van der Waals surface area contributed by atoms with Crippen molar-refractivity contribution >= 4 is 0 Å². The smallest absolute Gasteiger partial charge is 0.137 e. The first-order valence-corrected chi connectivity index (χ1v) is 6.91. The van der Waals surface area contributed by atoms with E-state index in [0.29, 0.717) is 25.2 Å². The molecular weight excluding hydrogens is 266 g/mol. The molecular formula is C15H18F2O3. The highest BCUT2D eigenvalue weighted by Gasteiger charge is 2.51. The SMILES string of the molecule is COCc1ccc(F)c(C23CCCC2OCCO3)c1F. The topological polar surface area (TPSA) is 27.7 Å². The minimum absolute atomic E-state index is 0.00856. The predicted octanol–water partition coefficient (Wildman–Crippen LogP) is 2.91. The summed E-state index contributed by atoms with van der Waals surface area (Å²) in [6, 6.07) is 2.71. The van der Waals surface area contributed by atoms with Gasteiger partial charge >= 0.3 is 0 Å². The number of methoxy groups -OCH3 is 1. The molecule has 3 rings (SSSR count). The zero-order valence-electron chi connectivity index (χ0n) is 11.5. The quantitative estimate of drug-likeness (QED) is 0.854. The summed E-state index contributed by atoms with van der Waals surface area (Å²) < 4.78 is 45.4. The van der Waals surface area contributed by atoms with Crippen molar-refractivity contribution in [2.45, 2.75) is 37.6 Å². The van der Waals surface area contributed by atoms with Crippen molar-refractivity contribution in [2.24, 2.45) is 0 Å². The third-order valence-electron chi connectivity index (χ3n) is 4.19. The van der Waals surface area contributed by atoms with E-state index in [1.165, 1.54) is 19.2 Å². The summed E-state index contributed by atoms with van der Waals surface area (Å²) in [5, 5.41) is 0. The molecule has 1 saturated carbocycles. The van der Waals surface area contributed by atoms with Crippen molar-refractivity contribution in [3.63, 3.8) is 0 Å². The van der Waals surface area contributed by atoms with Crippen LogP contribution in [-0.4, -0.2) is 26.4 Å². The van der Waals surface area contributed by atoms with Crippen molar-refractivity contribution in [3.8, 4) is 0 Å². The van der Waals surface area contributed by atoms with E-state index in [1.807, 2.05) is 0 Å². The molecule has 1 aromatic carbocycles. The lowest BCUT2D eigenvalue weighted by Gasteiger charge is -2.40. The number of halogens is 2. The van der Waals surface area contributed by atoms with Crippen LogP contribution in [0.1, 0.15) is 30.4 Å². The van der Waals surface area contributed by atoms with Gasteiger partial charge in [0.25, 0.3) is 0 Å². The molecule has 2 aliphatic rings. The van der Waals surface area contributed by atoms with Crippen LogP contribution in [0.2, 0.25) is 0 Å². The van der Waals surface area contributed by atoms with E-state index in [4.69, 9.17) is 14.2 Å². The molecule has 1 aliphatic heterocycles. The average molecular weight is 284 g/mol. The molecule has 1 heterocycles. The zero-order chi connectivity index (χ0) is 14.2. The zero-order valence-corrected chi connectivity index (χ0v) is 11.5. The maximum absolute atomic E-state index is 14.7. The Morgan fingerprint density at radius 3 is 3.00 bits per heavy atom. The molecule has 2 fully saturated rings. The standard InChI is InChI=1S/C15H18F2O3/c1-18-9-10-4-5-11(16)13(14(10)17)15-6-2-3-12(15)19-7-8-20-15/h4-5,12H,2-3,6-9H2,1H3. The molecule has 0 bridgehead atoms. The third kappa shape index (κ3) is 2.05. The van der Waals surface area contributed by atoms with Gasteiger partial charge in [0, 0.05) is 12.7 Å². The molecule has 1 aliphatic carbocycles. The maximum atomic E-state index is 14.7. The Bertz CT molecular complexity index is 506. The molecule has 20 heavy (non-hydrogen) atoms. The van der Waals surface area contributed by atoms with Crippen LogP contribution < -0.4 is 0 Å². The second-order valence-electron chi connectivity index (χ2n) is 5.32. The van der Waals surface area contributed by atoms with Crippen molar-refractivity contribution < 1.29 is 23.0 Å². The first kappa shape index (κ1) is 13.9. The second-order valence-corrected chi connectivity index (χ2v) is 5.32. The predicted molar refractivity (Wildman–Crippen MR) is 68.3 cm³/mol. The second kappa shape index (κ2) is 5.39. The summed E-state index contributed by atoms with van der Waals surface area (Å²) in [6.45, 7) is 0.956. The maximum Gasteiger partial charge on any atom is 0.137 e. The van der Waals surface area contributed by atoms with Gasteiger partial charge in [-0.05, 0) is 25.3 Å². The minimum Gasteiger partial charge on any atom is -0.380 e. The normalized spacial score (nSPS) is 29.4. The fourth-order valence-corrected chi connectivity index (χ4v) is 3.35. The van der Waals surface area contributed by atoms with E-state index < -0.39 is 17.2 Å². The molecule has 0 aromatic heterocycles. The third-order valence-corrected chi connectivity index (χ3v) is 4.19. The Kier molecular flexibility index (Phi) is 3.75. The molecule has 1 saturated heterocycles. The van der Waals surface area contributed by atoms with Gasteiger partial charge in [0.15, 0.2) is 0 Å². The number of rotatable bonds is 3. The number of hydrogen-bond donors (Lipinski definition) is 0. The van der Waals surface area contributed by atoms with Gasteiger partial charge in [-0.15, -0.1) is 0 Å². The van der Waals surface area contributed by atoms with Gasteiger partial charge in [0.2, 0.25) is 0 Å². The first-order valence-electron chi connectivity index (χ1n) is 6.91. The van der Waals surface area contributed by atoms with Crippen molar-refractivity contribution in [3.05, 3.63) is 34.9 Å². The number of hydrogen-bond acceptors (Lipinski definition) is 3. The highest BCUT2D eigenvalue weighted by Crippen LogP contribution is 2.47. The molecule has 5 heteroatoms. The molecule has 2 unspecified atom stereocenters. The monoisotopic (exact) mass is 284 g/mol. The summed E-state index contributed by atoms with van der Waals surface area (Å²) >= 11 is 0. The molecule has 0 N–H and O–H groups in total.